The van der Waals surface area contributed by atoms with Crippen LogP contribution < -0.4 is 24.8 Å². The van der Waals surface area contributed by atoms with Crippen LogP contribution in [0.5, 0.6) is 0 Å². The van der Waals surface area contributed by atoms with Crippen LogP contribution >= 0.6 is 0 Å². The molecule has 2 aliphatic carbocycles. The second-order valence-electron chi connectivity index (χ2n) is 7.02. The Kier molecular flexibility index (Phi) is 6.47. The van der Waals surface area contributed by atoms with Crippen LogP contribution in [0.25, 0.3) is 0 Å². The molecule has 0 fully saturated rings. The Morgan fingerprint density at radius 2 is 1.23 bits per heavy atom. The van der Waals surface area contributed by atoms with Crippen molar-refractivity contribution >= 4 is 0 Å². The van der Waals surface area contributed by atoms with Gasteiger partial charge in [0.05, 0.1) is 0 Å². The molecule has 4 bridgehead atoms. The molecule has 1 heterocycles. The van der Waals surface area contributed by atoms with E-state index in [1.165, 1.54) is 12.8 Å². The van der Waals surface area contributed by atoms with E-state index < -0.39 is 0 Å². The van der Waals surface area contributed by atoms with Crippen molar-refractivity contribution in [1.29, 1.82) is 0 Å². The molecular weight excluding hydrogens is 347 g/mol. The molecule has 22 heavy (non-hydrogen) atoms. The van der Waals surface area contributed by atoms with Crippen molar-refractivity contribution < 1.29 is 44.0 Å². The van der Waals surface area contributed by atoms with Gasteiger partial charge in [0.2, 0.25) is 0 Å². The molecule has 3 heteroatoms. The Labute approximate surface area is 157 Å². The molecule has 0 aromatic heterocycles. The maximum Gasteiger partial charge on any atom is -1.00 e. The molecular formula is C19H26Cl2Ti. The third-order valence-corrected chi connectivity index (χ3v) is 8.76. The van der Waals surface area contributed by atoms with Gasteiger partial charge >= 0.3 is 133 Å². The minimum Gasteiger partial charge on any atom is -1.00 e. The quantitative estimate of drug-likeness (QED) is 0.578. The van der Waals surface area contributed by atoms with E-state index in [2.05, 4.69) is 53.7 Å². The zero-order chi connectivity index (χ0) is 14.7. The fourth-order valence-corrected chi connectivity index (χ4v) is 7.26. The van der Waals surface area contributed by atoms with Crippen LogP contribution in [0.1, 0.15) is 54.4 Å². The van der Waals surface area contributed by atoms with Crippen molar-refractivity contribution in [3.05, 3.63) is 42.2 Å². The van der Waals surface area contributed by atoms with Gasteiger partial charge in [0.15, 0.2) is 0 Å². The zero-order valence-corrected chi connectivity index (χ0v) is 17.6. The van der Waals surface area contributed by atoms with Crippen molar-refractivity contribution in [3.8, 4) is 0 Å². The summed E-state index contributed by atoms with van der Waals surface area (Å²) in [6, 6.07) is 0. The minimum atomic E-state index is -0.0969. The van der Waals surface area contributed by atoms with Crippen LogP contribution in [0.15, 0.2) is 42.2 Å². The number of hydrogen-bond donors (Lipinski definition) is 0. The second kappa shape index (κ2) is 7.02. The second-order valence-corrected chi connectivity index (χ2v) is 9.09. The van der Waals surface area contributed by atoms with Crippen molar-refractivity contribution in [1.82, 2.24) is 0 Å². The van der Waals surface area contributed by atoms with E-state index in [9.17, 15) is 0 Å². The fourth-order valence-electron chi connectivity index (χ4n) is 4.33. The van der Waals surface area contributed by atoms with E-state index in [0.717, 1.165) is 11.8 Å². The molecule has 1 aliphatic heterocycles. The van der Waals surface area contributed by atoms with Gasteiger partial charge < -0.3 is 24.8 Å². The molecule has 3 rings (SSSR count). The number of hydrogen-bond acceptors (Lipinski definition) is 0. The number of rotatable bonds is 2. The van der Waals surface area contributed by atoms with E-state index in [1.807, 2.05) is 7.76 Å². The molecule has 2 unspecified atom stereocenters. The van der Waals surface area contributed by atoms with Gasteiger partial charge in [0.25, 0.3) is 0 Å². The normalized spacial score (nSPS) is 27.7. The fraction of sp³-hybridized carbons (Fsp3) is 0.579. The molecule has 0 nitrogen and oxygen atoms in total. The van der Waals surface area contributed by atoms with Crippen LogP contribution in [-0.2, 0) is 19.2 Å². The molecule has 0 amide bonds. The number of allylic oxidation sites excluding steroid dienone is 8. The van der Waals surface area contributed by atoms with Crippen molar-refractivity contribution in [2.24, 2.45) is 17.3 Å². The maximum atomic E-state index is 2.60. The van der Waals surface area contributed by atoms with E-state index in [4.69, 9.17) is 0 Å². The van der Waals surface area contributed by atoms with Crippen molar-refractivity contribution in [2.45, 2.75) is 54.4 Å². The Morgan fingerprint density at radius 1 is 0.864 bits per heavy atom. The standard InChI is InChI=1S/C19H26.2ClH.Ti/c1-7-15-9-13(3)17(11-15)19(5,6)18-12-16(8-2)10-14(18)4;;;/h11-12,15-16H,7-8H2,1-6H3;2*1H;/q;;;+2/p-2. The molecule has 2 atom stereocenters. The first kappa shape index (κ1) is 20.3. The molecule has 3 aliphatic rings. The summed E-state index contributed by atoms with van der Waals surface area (Å²) in [4.78, 5) is 0. The van der Waals surface area contributed by atoms with E-state index >= 15 is 0 Å². The Balaban J connectivity index is 0.00000121. The first-order valence-corrected chi connectivity index (χ1v) is 9.61. The van der Waals surface area contributed by atoms with Crippen LogP contribution in [0.4, 0.5) is 0 Å². The van der Waals surface area contributed by atoms with Gasteiger partial charge in [0.1, 0.15) is 0 Å². The Hall–Kier alpha value is 0.254. The summed E-state index contributed by atoms with van der Waals surface area (Å²) in [7, 11) is 0. The smallest absolute Gasteiger partial charge is 1.00 e. The largest absolute Gasteiger partial charge is 1.00 e. The van der Waals surface area contributed by atoms with Crippen LogP contribution in [-0.4, -0.2) is 0 Å². The van der Waals surface area contributed by atoms with Crippen LogP contribution in [0.3, 0.4) is 0 Å². The predicted molar refractivity (Wildman–Crippen MR) is 82.9 cm³/mol. The molecule has 0 saturated carbocycles. The molecule has 0 radical (unpaired) electrons. The first-order valence-electron chi connectivity index (χ1n) is 8.05. The molecule has 0 saturated heterocycles. The minimum absolute atomic E-state index is 0. The van der Waals surface area contributed by atoms with Gasteiger partial charge in [-0.15, -0.1) is 0 Å². The Bertz CT molecular complexity index is 541. The topological polar surface area (TPSA) is 0 Å². The summed E-state index contributed by atoms with van der Waals surface area (Å²) in [6.07, 6.45) is 7.75. The average Bonchev–Trinajstić information content (AvgIpc) is 2.91. The molecule has 0 aromatic carbocycles. The van der Waals surface area contributed by atoms with Gasteiger partial charge in [-0.3, -0.25) is 0 Å². The molecule has 0 N–H and O–H groups in total. The van der Waals surface area contributed by atoms with Gasteiger partial charge in [-0.25, -0.2) is 0 Å². The summed E-state index contributed by atoms with van der Waals surface area (Å²) in [5.41, 5.74) is 6.75. The zero-order valence-electron chi connectivity index (χ0n) is 14.5. The summed E-state index contributed by atoms with van der Waals surface area (Å²) < 4.78 is 3.66. The van der Waals surface area contributed by atoms with Crippen LogP contribution in [0, 0.1) is 17.3 Å². The van der Waals surface area contributed by atoms with Crippen LogP contribution in [0.2, 0.25) is 0 Å². The summed E-state index contributed by atoms with van der Waals surface area (Å²) >= 11 is -0.0969. The van der Waals surface area contributed by atoms with Gasteiger partial charge in [0, 0.05) is 0 Å². The third-order valence-electron chi connectivity index (χ3n) is 5.59. The van der Waals surface area contributed by atoms with E-state index in [-0.39, 0.29) is 49.4 Å². The average molecular weight is 373 g/mol. The Morgan fingerprint density at radius 3 is 1.55 bits per heavy atom. The molecule has 120 valence electrons. The maximum absolute atomic E-state index is 2.60. The van der Waals surface area contributed by atoms with Crippen molar-refractivity contribution in [2.75, 3.05) is 0 Å². The summed E-state index contributed by atoms with van der Waals surface area (Å²) in [6.45, 7) is 14.4. The predicted octanol–water partition coefficient (Wildman–Crippen LogP) is -0.403. The van der Waals surface area contributed by atoms with Gasteiger partial charge in [-0.1, -0.05) is 0 Å². The third kappa shape index (κ3) is 2.75. The van der Waals surface area contributed by atoms with Gasteiger partial charge in [-0.05, 0) is 0 Å². The summed E-state index contributed by atoms with van der Waals surface area (Å²) in [5, 5.41) is 0. The monoisotopic (exact) mass is 372 g/mol. The summed E-state index contributed by atoms with van der Waals surface area (Å²) in [5.74, 6) is 1.48. The first-order chi connectivity index (χ1) is 9.41. The van der Waals surface area contributed by atoms with E-state index in [0.29, 0.717) is 0 Å². The molecule has 0 aromatic rings. The van der Waals surface area contributed by atoms with E-state index in [1.54, 1.807) is 22.3 Å². The number of fused-ring (bicyclic) bond motifs is 2. The number of halogens is 2. The van der Waals surface area contributed by atoms with Crippen molar-refractivity contribution in [3.63, 3.8) is 0 Å². The SMILES string of the molecule is CCC1C=C2C(C)=[C]1[Ti+2][C]1=C(C)C(=CC1CC)C2(C)C.[Cl-].[Cl-]. The van der Waals surface area contributed by atoms with Gasteiger partial charge in [-0.2, -0.15) is 0 Å². The molecule has 0 spiro atoms.